The van der Waals surface area contributed by atoms with Gasteiger partial charge in [0.25, 0.3) is 0 Å². The van der Waals surface area contributed by atoms with Crippen LogP contribution in [0.4, 0.5) is 32.2 Å². The Morgan fingerprint density at radius 2 is 1.81 bits per heavy atom. The molecule has 1 aromatic rings. The van der Waals surface area contributed by atoms with E-state index >= 15 is 0 Å². The number of pyridine rings is 1. The molecule has 2 nitrogen and oxygen atoms in total. The molecule has 0 aliphatic heterocycles. The molecular formula is C13H14F6N2. The summed E-state index contributed by atoms with van der Waals surface area (Å²) in [6.45, 7) is 0. The summed E-state index contributed by atoms with van der Waals surface area (Å²) in [6.07, 6.45) is -6.96. The smallest absolute Gasteiger partial charge is 0.367 e. The van der Waals surface area contributed by atoms with Crippen molar-refractivity contribution in [3.05, 3.63) is 23.9 Å². The van der Waals surface area contributed by atoms with E-state index in [9.17, 15) is 26.3 Å². The predicted octanol–water partition coefficient (Wildman–Crippen LogP) is 4.63. The Morgan fingerprint density at radius 1 is 1.10 bits per heavy atom. The van der Waals surface area contributed by atoms with Gasteiger partial charge >= 0.3 is 12.4 Å². The van der Waals surface area contributed by atoms with Crippen LogP contribution in [0.15, 0.2) is 18.3 Å². The highest BCUT2D eigenvalue weighted by Crippen LogP contribution is 2.38. The monoisotopic (exact) mass is 312 g/mol. The van der Waals surface area contributed by atoms with Crippen molar-refractivity contribution in [3.8, 4) is 0 Å². The summed E-state index contributed by atoms with van der Waals surface area (Å²) in [6, 6.07) is 1.13. The number of hydrogen-bond donors (Lipinski definition) is 1. The van der Waals surface area contributed by atoms with Crippen LogP contribution in [0.1, 0.15) is 31.2 Å². The van der Waals surface area contributed by atoms with Gasteiger partial charge in [0.1, 0.15) is 5.82 Å². The quantitative estimate of drug-likeness (QED) is 0.805. The molecule has 1 fully saturated rings. The summed E-state index contributed by atoms with van der Waals surface area (Å²) in [5.74, 6) is -1.45. The number of hydrogen-bond acceptors (Lipinski definition) is 2. The fraction of sp³-hybridized carbons (Fsp3) is 0.615. The van der Waals surface area contributed by atoms with Crippen LogP contribution in [-0.2, 0) is 6.18 Å². The number of halogens is 6. The average Bonchev–Trinajstić information content (AvgIpc) is 2.37. The van der Waals surface area contributed by atoms with E-state index in [1.54, 1.807) is 0 Å². The molecule has 1 heterocycles. The van der Waals surface area contributed by atoms with Gasteiger partial charge in [-0.05, 0) is 31.4 Å². The molecule has 2 atom stereocenters. The molecule has 2 unspecified atom stereocenters. The van der Waals surface area contributed by atoms with Gasteiger partial charge in [0, 0.05) is 12.2 Å². The van der Waals surface area contributed by atoms with Crippen molar-refractivity contribution < 1.29 is 26.3 Å². The Morgan fingerprint density at radius 3 is 2.43 bits per heavy atom. The molecule has 0 radical (unpaired) electrons. The largest absolute Gasteiger partial charge is 0.416 e. The lowest BCUT2D eigenvalue weighted by Crippen LogP contribution is -2.34. The van der Waals surface area contributed by atoms with Gasteiger partial charge in [-0.2, -0.15) is 26.3 Å². The lowest BCUT2D eigenvalue weighted by atomic mass is 9.85. The van der Waals surface area contributed by atoms with E-state index < -0.39 is 29.9 Å². The number of rotatable bonds is 2. The van der Waals surface area contributed by atoms with Crippen LogP contribution in [0.3, 0.4) is 0 Å². The summed E-state index contributed by atoms with van der Waals surface area (Å²) in [5, 5.41) is 2.68. The summed E-state index contributed by atoms with van der Waals surface area (Å²) in [4.78, 5) is 3.74. The first-order valence-electron chi connectivity index (χ1n) is 6.53. The molecule has 0 bridgehead atoms. The fourth-order valence-electron chi connectivity index (χ4n) is 2.51. The Hall–Kier alpha value is -1.47. The first-order valence-corrected chi connectivity index (χ1v) is 6.53. The molecule has 8 heteroatoms. The van der Waals surface area contributed by atoms with Gasteiger partial charge in [-0.1, -0.05) is 6.42 Å². The predicted molar refractivity (Wildman–Crippen MR) is 64.7 cm³/mol. The minimum absolute atomic E-state index is 0.0438. The van der Waals surface area contributed by atoms with E-state index in [2.05, 4.69) is 10.3 Å². The number of aromatic nitrogens is 1. The molecule has 21 heavy (non-hydrogen) atoms. The topological polar surface area (TPSA) is 24.9 Å². The lowest BCUT2D eigenvalue weighted by molar-refractivity contribution is -0.182. The summed E-state index contributed by atoms with van der Waals surface area (Å²) in [7, 11) is 0. The minimum atomic E-state index is -4.50. The van der Waals surface area contributed by atoms with Gasteiger partial charge < -0.3 is 5.32 Å². The van der Waals surface area contributed by atoms with Crippen LogP contribution in [0, 0.1) is 5.92 Å². The van der Waals surface area contributed by atoms with Gasteiger partial charge in [-0.25, -0.2) is 4.98 Å². The van der Waals surface area contributed by atoms with Crippen molar-refractivity contribution in [3.63, 3.8) is 0 Å². The number of nitrogens with one attached hydrogen (secondary N) is 1. The second kappa shape index (κ2) is 5.73. The lowest BCUT2D eigenvalue weighted by Gasteiger charge is -2.31. The van der Waals surface area contributed by atoms with E-state index in [-0.39, 0.29) is 18.7 Å². The van der Waals surface area contributed by atoms with Crippen LogP contribution in [-0.4, -0.2) is 17.2 Å². The molecule has 2 rings (SSSR count). The van der Waals surface area contributed by atoms with E-state index in [1.165, 1.54) is 0 Å². The molecule has 0 aromatic carbocycles. The highest BCUT2D eigenvalue weighted by atomic mass is 19.4. The van der Waals surface area contributed by atoms with Crippen LogP contribution in [0.25, 0.3) is 0 Å². The molecule has 0 saturated heterocycles. The highest BCUT2D eigenvalue weighted by molar-refractivity contribution is 5.39. The average molecular weight is 312 g/mol. The second-order valence-corrected chi connectivity index (χ2v) is 5.17. The zero-order valence-corrected chi connectivity index (χ0v) is 10.9. The van der Waals surface area contributed by atoms with Gasteiger partial charge in [0.05, 0.1) is 11.5 Å². The third-order valence-electron chi connectivity index (χ3n) is 3.58. The molecule has 1 N–H and O–H groups in total. The van der Waals surface area contributed by atoms with Crippen LogP contribution >= 0.6 is 0 Å². The Balaban J connectivity index is 2.05. The molecule has 1 aliphatic rings. The molecule has 118 valence electrons. The summed E-state index contributed by atoms with van der Waals surface area (Å²) >= 11 is 0. The van der Waals surface area contributed by atoms with Crippen LogP contribution in [0.2, 0.25) is 0 Å². The minimum Gasteiger partial charge on any atom is -0.367 e. The van der Waals surface area contributed by atoms with Gasteiger partial charge in [0.15, 0.2) is 0 Å². The van der Waals surface area contributed by atoms with E-state index in [1.807, 2.05) is 0 Å². The van der Waals surface area contributed by atoms with E-state index in [0.717, 1.165) is 18.3 Å². The second-order valence-electron chi connectivity index (χ2n) is 5.17. The Labute approximate surface area is 117 Å². The van der Waals surface area contributed by atoms with Crippen LogP contribution < -0.4 is 5.32 Å². The van der Waals surface area contributed by atoms with Gasteiger partial charge in [-0.3, -0.25) is 0 Å². The number of anilines is 1. The third kappa shape index (κ3) is 4.25. The van der Waals surface area contributed by atoms with Gasteiger partial charge in [-0.15, -0.1) is 0 Å². The van der Waals surface area contributed by atoms with E-state index in [0.29, 0.717) is 12.8 Å². The van der Waals surface area contributed by atoms with Crippen molar-refractivity contribution in [2.75, 3.05) is 5.32 Å². The number of nitrogens with zero attached hydrogens (tertiary/aromatic N) is 1. The van der Waals surface area contributed by atoms with Crippen molar-refractivity contribution in [2.24, 2.45) is 5.92 Å². The van der Waals surface area contributed by atoms with Crippen molar-refractivity contribution in [1.29, 1.82) is 0 Å². The third-order valence-corrected chi connectivity index (χ3v) is 3.58. The normalized spacial score (nSPS) is 23.9. The summed E-state index contributed by atoms with van der Waals surface area (Å²) in [5.41, 5.74) is -0.872. The first-order chi connectivity index (χ1) is 9.66. The maximum Gasteiger partial charge on any atom is 0.416 e. The molecule has 0 spiro atoms. The maximum absolute atomic E-state index is 12.7. The molecule has 1 saturated carbocycles. The maximum atomic E-state index is 12.7. The molecule has 1 aromatic heterocycles. The standard InChI is InChI=1S/C13H14F6N2/c14-12(15,16)8-2-1-3-10(6-8)21-11-7-9(4-5-20-11)13(17,18)19/h4-5,7-8,10H,1-3,6H2,(H,20,21). The highest BCUT2D eigenvalue weighted by Gasteiger charge is 2.42. The van der Waals surface area contributed by atoms with Crippen molar-refractivity contribution in [2.45, 2.75) is 44.1 Å². The van der Waals surface area contributed by atoms with Crippen molar-refractivity contribution >= 4 is 5.82 Å². The zero-order valence-electron chi connectivity index (χ0n) is 10.9. The molecule has 1 aliphatic carbocycles. The van der Waals surface area contributed by atoms with Crippen LogP contribution in [0.5, 0.6) is 0 Å². The Bertz CT molecular complexity index is 482. The SMILES string of the molecule is FC(F)(F)c1ccnc(NC2CCCC(C(F)(F)F)C2)c1. The van der Waals surface area contributed by atoms with Gasteiger partial charge in [0.2, 0.25) is 0 Å². The zero-order chi connectivity index (χ0) is 15.7. The van der Waals surface area contributed by atoms with E-state index in [4.69, 9.17) is 0 Å². The Kier molecular flexibility index (Phi) is 4.34. The first kappa shape index (κ1) is 15.9. The van der Waals surface area contributed by atoms with Crippen molar-refractivity contribution in [1.82, 2.24) is 4.98 Å². The summed E-state index contributed by atoms with van der Waals surface area (Å²) < 4.78 is 75.7. The molecular weight excluding hydrogens is 298 g/mol. The number of alkyl halides is 6. The fourth-order valence-corrected chi connectivity index (χ4v) is 2.51. The molecule has 0 amide bonds.